The second-order valence-electron chi connectivity index (χ2n) is 8.14. The molecule has 2 aromatic carbocycles. The number of nitrogens with zero attached hydrogens (tertiary/aromatic N) is 2. The molecule has 0 saturated carbocycles. The minimum absolute atomic E-state index is 0.135. The molecule has 0 bridgehead atoms. The first-order chi connectivity index (χ1) is 15.1. The summed E-state index contributed by atoms with van der Waals surface area (Å²) in [4.78, 5) is 20.2. The third kappa shape index (κ3) is 3.00. The monoisotopic (exact) mass is 490 g/mol. The number of aromatic nitrogens is 2. The Morgan fingerprint density at radius 1 is 1.13 bits per heavy atom. The molecule has 2 aromatic heterocycles. The molecule has 4 nitrogen and oxygen atoms in total. The molecule has 0 amide bonds. The van der Waals surface area contributed by atoms with Crippen LogP contribution in [0.4, 0.5) is 0 Å². The van der Waals surface area contributed by atoms with Gasteiger partial charge in [0.25, 0.3) is 5.56 Å². The predicted molar refractivity (Wildman–Crippen MR) is 129 cm³/mol. The standard InChI is InChI=1S/C25H19BrN2O2S/c26-16-9-10-20(29)15(11-16)12-19-17-6-2-1-5-14(17)13-28-23(19)27-24(30)22-18-7-3-4-8-21(18)31-25(22)28/h1-2,5-6,9-12,29H,3-4,7-8,13H2/b19-12+. The van der Waals surface area contributed by atoms with Crippen LogP contribution >= 0.6 is 27.3 Å². The summed E-state index contributed by atoms with van der Waals surface area (Å²) in [5, 5.41) is 11.3. The van der Waals surface area contributed by atoms with E-state index in [-0.39, 0.29) is 11.3 Å². The average molecular weight is 491 g/mol. The van der Waals surface area contributed by atoms with Crippen molar-refractivity contribution in [3.63, 3.8) is 0 Å². The maximum Gasteiger partial charge on any atom is 0.282 e. The summed E-state index contributed by atoms with van der Waals surface area (Å²) < 4.78 is 3.08. The highest BCUT2D eigenvalue weighted by atomic mass is 79.9. The number of aryl methyl sites for hydroxylation is 2. The molecular weight excluding hydrogens is 472 g/mol. The van der Waals surface area contributed by atoms with Crippen molar-refractivity contribution in [1.82, 2.24) is 9.55 Å². The van der Waals surface area contributed by atoms with E-state index in [1.54, 1.807) is 17.4 Å². The summed E-state index contributed by atoms with van der Waals surface area (Å²) in [6.07, 6.45) is 6.28. The van der Waals surface area contributed by atoms with Crippen molar-refractivity contribution in [3.05, 3.63) is 90.2 Å². The average Bonchev–Trinajstić information content (AvgIpc) is 3.17. The van der Waals surface area contributed by atoms with Gasteiger partial charge in [-0.05, 0) is 66.6 Å². The summed E-state index contributed by atoms with van der Waals surface area (Å²) >= 11 is 5.25. The molecule has 0 fully saturated rings. The molecule has 2 aliphatic rings. The van der Waals surface area contributed by atoms with Gasteiger partial charge in [0, 0.05) is 20.5 Å². The van der Waals surface area contributed by atoms with Gasteiger partial charge < -0.3 is 9.67 Å². The predicted octanol–water partition coefficient (Wildman–Crippen LogP) is 5.76. The summed E-state index contributed by atoms with van der Waals surface area (Å²) in [7, 11) is 0. The second kappa shape index (κ2) is 7.18. The molecular formula is C25H19BrN2O2S. The Labute approximate surface area is 191 Å². The van der Waals surface area contributed by atoms with Crippen molar-refractivity contribution < 1.29 is 5.11 Å². The number of aromatic hydroxyl groups is 1. The minimum atomic E-state index is -0.135. The molecule has 0 unspecified atom stereocenters. The van der Waals surface area contributed by atoms with Gasteiger partial charge in [-0.3, -0.25) is 4.79 Å². The van der Waals surface area contributed by atoms with Crippen molar-refractivity contribution in [3.8, 4) is 5.75 Å². The van der Waals surface area contributed by atoms with E-state index in [0.29, 0.717) is 17.9 Å². The van der Waals surface area contributed by atoms with Gasteiger partial charge in [0.2, 0.25) is 0 Å². The fourth-order valence-corrected chi connectivity index (χ4v) is 6.53. The molecule has 31 heavy (non-hydrogen) atoms. The van der Waals surface area contributed by atoms with Crippen LogP contribution in [0.5, 0.6) is 5.75 Å². The zero-order valence-corrected chi connectivity index (χ0v) is 19.1. The highest BCUT2D eigenvalue weighted by Gasteiger charge is 2.27. The van der Waals surface area contributed by atoms with E-state index in [2.05, 4.69) is 37.6 Å². The Morgan fingerprint density at radius 2 is 1.97 bits per heavy atom. The van der Waals surface area contributed by atoms with Crippen molar-refractivity contribution >= 4 is 49.1 Å². The molecule has 1 N–H and O–H groups in total. The van der Waals surface area contributed by atoms with E-state index in [4.69, 9.17) is 0 Å². The lowest BCUT2D eigenvalue weighted by molar-refractivity contribution is 0.474. The molecule has 4 aromatic rings. The molecule has 3 heterocycles. The number of phenolic OH excluding ortho intramolecular Hbond substituents is 1. The first-order valence-corrected chi connectivity index (χ1v) is 12.0. The number of phenols is 1. The van der Waals surface area contributed by atoms with E-state index in [9.17, 15) is 9.90 Å². The Kier molecular flexibility index (Phi) is 4.40. The fraction of sp³-hybridized carbons (Fsp3) is 0.200. The molecule has 6 heteroatoms. The van der Waals surface area contributed by atoms with Crippen LogP contribution in [0.25, 0.3) is 21.9 Å². The second-order valence-corrected chi connectivity index (χ2v) is 10.1. The van der Waals surface area contributed by atoms with E-state index in [0.717, 1.165) is 45.1 Å². The van der Waals surface area contributed by atoms with Gasteiger partial charge in [0.1, 0.15) is 16.4 Å². The van der Waals surface area contributed by atoms with Crippen molar-refractivity contribution in [2.45, 2.75) is 32.2 Å². The Bertz CT molecular complexity index is 1460. The first kappa shape index (κ1) is 19.0. The number of rotatable bonds is 1. The number of thiophene rings is 1. The van der Waals surface area contributed by atoms with E-state index < -0.39 is 0 Å². The molecule has 0 saturated heterocycles. The topological polar surface area (TPSA) is 55.1 Å². The quantitative estimate of drug-likeness (QED) is 0.325. The normalized spacial score (nSPS) is 16.2. The molecule has 6 rings (SSSR count). The van der Waals surface area contributed by atoms with Crippen LogP contribution in [0.3, 0.4) is 0 Å². The van der Waals surface area contributed by atoms with Crippen LogP contribution in [0, 0.1) is 0 Å². The van der Waals surface area contributed by atoms with E-state index >= 15 is 0 Å². The van der Waals surface area contributed by atoms with Crippen molar-refractivity contribution in [2.75, 3.05) is 0 Å². The Balaban J connectivity index is 1.67. The third-order valence-electron chi connectivity index (χ3n) is 6.24. The zero-order valence-electron chi connectivity index (χ0n) is 16.7. The summed E-state index contributed by atoms with van der Waals surface area (Å²) in [6.45, 7) is 0.691. The van der Waals surface area contributed by atoms with E-state index in [1.807, 2.05) is 30.3 Å². The maximum atomic E-state index is 13.2. The van der Waals surface area contributed by atoms with E-state index in [1.165, 1.54) is 22.4 Å². The Morgan fingerprint density at radius 3 is 2.87 bits per heavy atom. The molecule has 0 spiro atoms. The first-order valence-electron chi connectivity index (χ1n) is 10.4. The van der Waals surface area contributed by atoms with Crippen molar-refractivity contribution in [1.29, 1.82) is 0 Å². The third-order valence-corrected chi connectivity index (χ3v) is 8.05. The van der Waals surface area contributed by atoms with Crippen molar-refractivity contribution in [2.24, 2.45) is 0 Å². The van der Waals surface area contributed by atoms with Gasteiger partial charge >= 0.3 is 0 Å². The molecule has 0 radical (unpaired) electrons. The SMILES string of the molecule is O=c1nc2n(c3sc4c(c13)CCCC4)Cc1ccccc1/C2=C\c1cc(Br)ccc1O. The highest BCUT2D eigenvalue weighted by Crippen LogP contribution is 2.40. The van der Waals surface area contributed by atoms with Gasteiger partial charge in [-0.15, -0.1) is 11.3 Å². The summed E-state index contributed by atoms with van der Waals surface area (Å²) in [5.74, 6) is 0.870. The van der Waals surface area contributed by atoms with Gasteiger partial charge in [0.15, 0.2) is 0 Å². The van der Waals surface area contributed by atoms with Crippen LogP contribution in [0.2, 0.25) is 0 Å². The van der Waals surface area contributed by atoms with Gasteiger partial charge in [-0.25, -0.2) is 0 Å². The van der Waals surface area contributed by atoms with Crippen LogP contribution in [0.15, 0.2) is 51.7 Å². The Hall–Kier alpha value is -2.70. The molecule has 1 aliphatic heterocycles. The maximum absolute atomic E-state index is 13.2. The van der Waals surface area contributed by atoms with Crippen LogP contribution in [-0.2, 0) is 19.4 Å². The van der Waals surface area contributed by atoms with Gasteiger partial charge in [-0.2, -0.15) is 4.98 Å². The summed E-state index contributed by atoms with van der Waals surface area (Å²) in [6, 6.07) is 13.6. The number of hydrogen-bond acceptors (Lipinski definition) is 4. The number of fused-ring (bicyclic) bond motifs is 6. The lowest BCUT2D eigenvalue weighted by Gasteiger charge is -2.24. The van der Waals surface area contributed by atoms with Crippen LogP contribution < -0.4 is 5.56 Å². The largest absolute Gasteiger partial charge is 0.507 e. The minimum Gasteiger partial charge on any atom is -0.507 e. The number of benzene rings is 2. The lowest BCUT2D eigenvalue weighted by atomic mass is 9.93. The van der Waals surface area contributed by atoms with Gasteiger partial charge in [0.05, 0.1) is 11.9 Å². The molecule has 0 atom stereocenters. The number of halogens is 1. The molecule has 154 valence electrons. The molecule has 1 aliphatic carbocycles. The number of hydrogen-bond donors (Lipinski definition) is 1. The van der Waals surface area contributed by atoms with Gasteiger partial charge in [-0.1, -0.05) is 40.2 Å². The zero-order chi connectivity index (χ0) is 21.1. The summed E-state index contributed by atoms with van der Waals surface area (Å²) in [5.41, 5.74) is 4.87. The van der Waals surface area contributed by atoms with Crippen LogP contribution in [-0.4, -0.2) is 14.7 Å². The highest BCUT2D eigenvalue weighted by molar-refractivity contribution is 9.10. The van der Waals surface area contributed by atoms with Crippen LogP contribution in [0.1, 0.15) is 45.8 Å². The smallest absolute Gasteiger partial charge is 0.282 e. The lowest BCUT2D eigenvalue weighted by Crippen LogP contribution is -2.23. The fourth-order valence-electron chi connectivity index (χ4n) is 4.77.